The molecule has 0 aliphatic heterocycles. The topological polar surface area (TPSA) is 61.2 Å². The lowest BCUT2D eigenvalue weighted by molar-refractivity contribution is -0.143. The van der Waals surface area contributed by atoms with Gasteiger partial charge in [-0.05, 0) is 25.0 Å². The van der Waals surface area contributed by atoms with Gasteiger partial charge >= 0.3 is 5.97 Å². The van der Waals surface area contributed by atoms with E-state index in [1.807, 2.05) is 18.2 Å². The van der Waals surface area contributed by atoms with Crippen LogP contribution in [0.25, 0.3) is 10.9 Å². The third-order valence-electron chi connectivity index (χ3n) is 3.52. The smallest absolute Gasteiger partial charge is 0.305 e. The van der Waals surface area contributed by atoms with Crippen LogP contribution in [0.4, 0.5) is 0 Å². The van der Waals surface area contributed by atoms with Gasteiger partial charge in [0.1, 0.15) is 0 Å². The largest absolute Gasteiger partial charge is 0.466 e. The number of unbranched alkanes of at least 4 members (excludes halogenated alkanes) is 2. The molecule has 0 aliphatic rings. The van der Waals surface area contributed by atoms with Crippen LogP contribution in [-0.4, -0.2) is 22.1 Å². The standard InChI is InChI=1S/C17H22N2O3/c1-2-3-4-10-16(20)22-12-7-11-19-13-18-15-9-6-5-8-14(15)17(19)21/h5-6,8-9,13H,2-4,7,10-12H2,1H3. The van der Waals surface area contributed by atoms with Gasteiger partial charge in [0, 0.05) is 13.0 Å². The minimum Gasteiger partial charge on any atom is -0.466 e. The summed E-state index contributed by atoms with van der Waals surface area (Å²) in [6, 6.07) is 7.28. The Morgan fingerprint density at radius 1 is 1.23 bits per heavy atom. The van der Waals surface area contributed by atoms with Crippen LogP contribution in [0.1, 0.15) is 39.0 Å². The number of carbonyl (C=O) groups is 1. The Hall–Kier alpha value is -2.17. The lowest BCUT2D eigenvalue weighted by Gasteiger charge is -2.07. The summed E-state index contributed by atoms with van der Waals surface area (Å²) >= 11 is 0. The van der Waals surface area contributed by atoms with Gasteiger partial charge in [-0.15, -0.1) is 0 Å². The second-order valence-corrected chi connectivity index (χ2v) is 5.29. The van der Waals surface area contributed by atoms with E-state index in [1.54, 1.807) is 17.0 Å². The van der Waals surface area contributed by atoms with Crippen LogP contribution in [0, 0.1) is 0 Å². The number of hydrogen-bond donors (Lipinski definition) is 0. The number of para-hydroxylation sites is 1. The lowest BCUT2D eigenvalue weighted by atomic mass is 10.2. The van der Waals surface area contributed by atoms with Crippen molar-refractivity contribution < 1.29 is 9.53 Å². The Bertz CT molecular complexity index is 679. The number of rotatable bonds is 8. The van der Waals surface area contributed by atoms with Crippen molar-refractivity contribution in [3.05, 3.63) is 40.9 Å². The van der Waals surface area contributed by atoms with Crippen LogP contribution in [0.15, 0.2) is 35.4 Å². The maximum absolute atomic E-state index is 12.2. The molecule has 5 heteroatoms. The molecule has 0 aliphatic carbocycles. The zero-order valence-corrected chi connectivity index (χ0v) is 13.0. The molecule has 0 radical (unpaired) electrons. The Morgan fingerprint density at radius 2 is 2.05 bits per heavy atom. The molecule has 2 rings (SSSR count). The fraction of sp³-hybridized carbons (Fsp3) is 0.471. The van der Waals surface area contributed by atoms with Gasteiger partial charge in [0.15, 0.2) is 0 Å². The summed E-state index contributed by atoms with van der Waals surface area (Å²) in [6.07, 6.45) is 5.65. The van der Waals surface area contributed by atoms with Gasteiger partial charge < -0.3 is 4.74 Å². The van der Waals surface area contributed by atoms with Crippen molar-refractivity contribution in [1.29, 1.82) is 0 Å². The Balaban J connectivity index is 1.81. The molecule has 2 aromatic rings. The minimum atomic E-state index is -0.155. The predicted octanol–water partition coefficient (Wildman–Crippen LogP) is 2.91. The molecule has 1 aromatic carbocycles. The first kappa shape index (κ1) is 16.2. The summed E-state index contributed by atoms with van der Waals surface area (Å²) < 4.78 is 6.73. The molecule has 0 N–H and O–H groups in total. The first-order valence-electron chi connectivity index (χ1n) is 7.82. The summed E-state index contributed by atoms with van der Waals surface area (Å²) in [5.74, 6) is -0.155. The van der Waals surface area contributed by atoms with Gasteiger partial charge in [-0.3, -0.25) is 14.2 Å². The normalized spacial score (nSPS) is 10.8. The van der Waals surface area contributed by atoms with E-state index in [2.05, 4.69) is 11.9 Å². The van der Waals surface area contributed by atoms with Crippen LogP contribution in [0.3, 0.4) is 0 Å². The van der Waals surface area contributed by atoms with Crippen LogP contribution in [0.2, 0.25) is 0 Å². The van der Waals surface area contributed by atoms with E-state index in [-0.39, 0.29) is 11.5 Å². The molecule has 1 aromatic heterocycles. The third-order valence-corrected chi connectivity index (χ3v) is 3.52. The highest BCUT2D eigenvalue weighted by Gasteiger charge is 2.05. The van der Waals surface area contributed by atoms with E-state index in [1.165, 1.54) is 0 Å². The molecule has 1 heterocycles. The summed E-state index contributed by atoms with van der Waals surface area (Å²) in [7, 11) is 0. The van der Waals surface area contributed by atoms with Crippen LogP contribution >= 0.6 is 0 Å². The van der Waals surface area contributed by atoms with E-state index < -0.39 is 0 Å². The number of hydrogen-bond acceptors (Lipinski definition) is 4. The quantitative estimate of drug-likeness (QED) is 0.555. The van der Waals surface area contributed by atoms with Crippen molar-refractivity contribution in [2.75, 3.05) is 6.61 Å². The highest BCUT2D eigenvalue weighted by atomic mass is 16.5. The van der Waals surface area contributed by atoms with Crippen LogP contribution < -0.4 is 5.56 Å². The fourth-order valence-electron chi connectivity index (χ4n) is 2.28. The molecule has 5 nitrogen and oxygen atoms in total. The summed E-state index contributed by atoms with van der Waals surface area (Å²) in [6.45, 7) is 2.93. The van der Waals surface area contributed by atoms with Gasteiger partial charge in [-0.2, -0.15) is 0 Å². The Labute approximate surface area is 129 Å². The minimum absolute atomic E-state index is 0.0557. The summed E-state index contributed by atoms with van der Waals surface area (Å²) in [5.41, 5.74) is 0.644. The Kier molecular flexibility index (Phi) is 6.13. The zero-order valence-electron chi connectivity index (χ0n) is 13.0. The van der Waals surface area contributed by atoms with E-state index in [0.29, 0.717) is 36.9 Å². The van der Waals surface area contributed by atoms with Gasteiger partial charge in [-0.25, -0.2) is 4.98 Å². The number of aryl methyl sites for hydroxylation is 1. The molecule has 0 saturated carbocycles. The molecule has 0 atom stereocenters. The van der Waals surface area contributed by atoms with E-state index in [4.69, 9.17) is 4.74 Å². The van der Waals surface area contributed by atoms with Gasteiger partial charge in [-0.1, -0.05) is 31.9 Å². The second-order valence-electron chi connectivity index (χ2n) is 5.29. The molecule has 0 fully saturated rings. The average Bonchev–Trinajstić information content (AvgIpc) is 2.54. The number of aromatic nitrogens is 2. The zero-order chi connectivity index (χ0) is 15.8. The maximum atomic E-state index is 12.2. The number of fused-ring (bicyclic) bond motifs is 1. The summed E-state index contributed by atoms with van der Waals surface area (Å²) in [5, 5.41) is 0.613. The van der Waals surface area contributed by atoms with Gasteiger partial charge in [0.25, 0.3) is 5.56 Å². The maximum Gasteiger partial charge on any atom is 0.305 e. The second kappa shape index (κ2) is 8.32. The number of esters is 1. The highest BCUT2D eigenvalue weighted by molar-refractivity contribution is 5.76. The number of carbonyl (C=O) groups excluding carboxylic acids is 1. The molecule has 0 saturated heterocycles. The molecule has 118 valence electrons. The number of ether oxygens (including phenoxy) is 1. The van der Waals surface area contributed by atoms with Crippen molar-refractivity contribution in [1.82, 2.24) is 9.55 Å². The lowest BCUT2D eigenvalue weighted by Crippen LogP contribution is -2.21. The molecule has 0 bridgehead atoms. The first-order chi connectivity index (χ1) is 10.7. The van der Waals surface area contributed by atoms with E-state index in [9.17, 15) is 9.59 Å². The third kappa shape index (κ3) is 4.41. The molecule has 22 heavy (non-hydrogen) atoms. The van der Waals surface area contributed by atoms with E-state index >= 15 is 0 Å². The average molecular weight is 302 g/mol. The van der Waals surface area contributed by atoms with Crippen molar-refractivity contribution in [3.8, 4) is 0 Å². The Morgan fingerprint density at radius 3 is 2.86 bits per heavy atom. The predicted molar refractivity (Wildman–Crippen MR) is 85.7 cm³/mol. The van der Waals surface area contributed by atoms with E-state index in [0.717, 1.165) is 19.3 Å². The van der Waals surface area contributed by atoms with Crippen molar-refractivity contribution in [3.63, 3.8) is 0 Å². The number of benzene rings is 1. The van der Waals surface area contributed by atoms with Gasteiger partial charge in [0.05, 0.1) is 23.8 Å². The van der Waals surface area contributed by atoms with Gasteiger partial charge in [0.2, 0.25) is 0 Å². The molecule has 0 amide bonds. The summed E-state index contributed by atoms with van der Waals surface area (Å²) in [4.78, 5) is 28.0. The molecule has 0 unspecified atom stereocenters. The molecular weight excluding hydrogens is 280 g/mol. The molecule has 0 spiro atoms. The highest BCUT2D eigenvalue weighted by Crippen LogP contribution is 2.05. The monoisotopic (exact) mass is 302 g/mol. The molecular formula is C17H22N2O3. The fourth-order valence-corrected chi connectivity index (χ4v) is 2.28. The van der Waals surface area contributed by atoms with Crippen molar-refractivity contribution in [2.45, 2.75) is 45.6 Å². The van der Waals surface area contributed by atoms with Crippen molar-refractivity contribution in [2.24, 2.45) is 0 Å². The van der Waals surface area contributed by atoms with Crippen LogP contribution in [-0.2, 0) is 16.1 Å². The van der Waals surface area contributed by atoms with Crippen molar-refractivity contribution >= 4 is 16.9 Å². The van der Waals surface area contributed by atoms with Crippen LogP contribution in [0.5, 0.6) is 0 Å². The number of nitrogens with zero attached hydrogens (tertiary/aromatic N) is 2. The SMILES string of the molecule is CCCCCC(=O)OCCCn1cnc2ccccc2c1=O. The first-order valence-corrected chi connectivity index (χ1v) is 7.82.